The molecule has 0 aromatic heterocycles. The van der Waals surface area contributed by atoms with Crippen molar-refractivity contribution in [3.63, 3.8) is 0 Å². The van der Waals surface area contributed by atoms with E-state index in [-0.39, 0.29) is 0 Å². The molecule has 1 unspecified atom stereocenters. The quantitative estimate of drug-likeness (QED) is 0.650. The van der Waals surface area contributed by atoms with Crippen LogP contribution in [0.4, 0.5) is 0 Å². The van der Waals surface area contributed by atoms with Gasteiger partial charge in [0.15, 0.2) is 4.32 Å². The molecule has 66 valence electrons. The number of fused-ring (bicyclic) bond motifs is 1. The fraction of sp³-hybridized carbons (Fsp3) is 0.300. The number of hydrogen-bond acceptors (Lipinski definition) is 2. The predicted molar refractivity (Wildman–Crippen MR) is 52.3 cm³/mol. The Labute approximate surface area is 85.3 Å². The normalized spacial score (nSPS) is 26.2. The van der Waals surface area contributed by atoms with E-state index in [1.54, 1.807) is 0 Å². The van der Waals surface area contributed by atoms with E-state index in [9.17, 15) is 0 Å². The standard InChI is InChI=1S/C10H8BrNO/c11-10(6-12)7-13-5-8-3-1-2-4-9(8)10/h1-4H,5,7H2. The second kappa shape index (κ2) is 3.13. The molecule has 0 spiro atoms. The third-order valence-corrected chi connectivity index (χ3v) is 3.01. The summed E-state index contributed by atoms with van der Waals surface area (Å²) in [6.07, 6.45) is 0. The van der Waals surface area contributed by atoms with Crippen LogP contribution in [0.2, 0.25) is 0 Å². The molecule has 1 aliphatic heterocycles. The number of benzene rings is 1. The summed E-state index contributed by atoms with van der Waals surface area (Å²) in [7, 11) is 0. The lowest BCUT2D eigenvalue weighted by Crippen LogP contribution is -2.28. The molecule has 1 aromatic rings. The minimum atomic E-state index is -0.651. The van der Waals surface area contributed by atoms with Gasteiger partial charge in [-0.2, -0.15) is 5.26 Å². The summed E-state index contributed by atoms with van der Waals surface area (Å²) in [4.78, 5) is 0. The Hall–Kier alpha value is -0.850. The molecule has 0 bridgehead atoms. The molecular weight excluding hydrogens is 230 g/mol. The number of nitrogens with zero attached hydrogens (tertiary/aromatic N) is 1. The number of hydrogen-bond donors (Lipinski definition) is 0. The number of nitriles is 1. The average Bonchev–Trinajstić information content (AvgIpc) is 2.19. The zero-order chi connectivity index (χ0) is 9.31. The van der Waals surface area contributed by atoms with Gasteiger partial charge in [-0.15, -0.1) is 0 Å². The van der Waals surface area contributed by atoms with Crippen LogP contribution in [0.1, 0.15) is 11.1 Å². The van der Waals surface area contributed by atoms with Crippen molar-refractivity contribution in [2.45, 2.75) is 10.9 Å². The summed E-state index contributed by atoms with van der Waals surface area (Å²) >= 11 is 3.41. The first-order valence-electron chi connectivity index (χ1n) is 4.02. The Morgan fingerprint density at radius 2 is 2.23 bits per heavy atom. The second-order valence-corrected chi connectivity index (χ2v) is 4.42. The second-order valence-electron chi connectivity index (χ2n) is 3.06. The highest BCUT2D eigenvalue weighted by Crippen LogP contribution is 2.36. The van der Waals surface area contributed by atoms with Gasteiger partial charge in [-0.1, -0.05) is 40.2 Å². The number of ether oxygens (including phenoxy) is 1. The Bertz CT molecular complexity index is 371. The van der Waals surface area contributed by atoms with Crippen LogP contribution in [0.25, 0.3) is 0 Å². The molecule has 0 fully saturated rings. The van der Waals surface area contributed by atoms with Crippen molar-refractivity contribution in [2.75, 3.05) is 6.61 Å². The molecule has 0 saturated carbocycles. The highest BCUT2D eigenvalue weighted by molar-refractivity contribution is 9.09. The number of alkyl halides is 1. The van der Waals surface area contributed by atoms with Crippen LogP contribution in [0.5, 0.6) is 0 Å². The van der Waals surface area contributed by atoms with Crippen LogP contribution in [0.15, 0.2) is 24.3 Å². The smallest absolute Gasteiger partial charge is 0.160 e. The van der Waals surface area contributed by atoms with Crippen molar-refractivity contribution < 1.29 is 4.74 Å². The zero-order valence-corrected chi connectivity index (χ0v) is 8.54. The first-order valence-corrected chi connectivity index (χ1v) is 4.82. The van der Waals surface area contributed by atoms with Crippen LogP contribution in [0, 0.1) is 11.3 Å². The summed E-state index contributed by atoms with van der Waals surface area (Å²) in [5.74, 6) is 0. The van der Waals surface area contributed by atoms with Crippen LogP contribution >= 0.6 is 15.9 Å². The van der Waals surface area contributed by atoms with Gasteiger partial charge in [0.2, 0.25) is 0 Å². The Morgan fingerprint density at radius 3 is 3.00 bits per heavy atom. The minimum absolute atomic E-state index is 0.417. The summed E-state index contributed by atoms with van der Waals surface area (Å²) in [6.45, 7) is 1.02. The van der Waals surface area contributed by atoms with Gasteiger partial charge < -0.3 is 4.74 Å². The molecule has 0 N–H and O–H groups in total. The van der Waals surface area contributed by atoms with E-state index in [0.717, 1.165) is 11.1 Å². The van der Waals surface area contributed by atoms with Gasteiger partial charge in [-0.25, -0.2) is 0 Å². The van der Waals surface area contributed by atoms with E-state index in [0.29, 0.717) is 13.2 Å². The molecule has 0 aliphatic carbocycles. The van der Waals surface area contributed by atoms with E-state index in [1.165, 1.54) is 0 Å². The molecule has 1 aliphatic rings. The van der Waals surface area contributed by atoms with Gasteiger partial charge in [0, 0.05) is 0 Å². The number of halogens is 1. The van der Waals surface area contributed by atoms with E-state index in [4.69, 9.17) is 10.00 Å². The molecule has 1 atom stereocenters. The van der Waals surface area contributed by atoms with Crippen molar-refractivity contribution in [2.24, 2.45) is 0 Å². The monoisotopic (exact) mass is 237 g/mol. The fourth-order valence-corrected chi connectivity index (χ4v) is 2.05. The molecule has 2 rings (SSSR count). The third-order valence-electron chi connectivity index (χ3n) is 2.18. The largest absolute Gasteiger partial charge is 0.374 e. The van der Waals surface area contributed by atoms with E-state index >= 15 is 0 Å². The lowest BCUT2D eigenvalue weighted by molar-refractivity contribution is 0.0961. The summed E-state index contributed by atoms with van der Waals surface area (Å²) in [6, 6.07) is 10.1. The highest BCUT2D eigenvalue weighted by atomic mass is 79.9. The molecule has 13 heavy (non-hydrogen) atoms. The molecule has 0 radical (unpaired) electrons. The van der Waals surface area contributed by atoms with Gasteiger partial charge in [0.1, 0.15) is 0 Å². The molecule has 1 aromatic carbocycles. The number of rotatable bonds is 0. The van der Waals surface area contributed by atoms with Crippen molar-refractivity contribution in [1.82, 2.24) is 0 Å². The van der Waals surface area contributed by atoms with Gasteiger partial charge in [0.25, 0.3) is 0 Å². The Kier molecular flexibility index (Phi) is 2.10. The van der Waals surface area contributed by atoms with Crippen molar-refractivity contribution in [3.05, 3.63) is 35.4 Å². The maximum Gasteiger partial charge on any atom is 0.160 e. The summed E-state index contributed by atoms with van der Waals surface area (Å²) < 4.78 is 4.68. The van der Waals surface area contributed by atoms with E-state index < -0.39 is 4.32 Å². The SMILES string of the molecule is N#CC1(Br)COCc2ccccc21. The van der Waals surface area contributed by atoms with Crippen molar-refractivity contribution in [1.29, 1.82) is 5.26 Å². The maximum absolute atomic E-state index is 9.02. The molecule has 2 nitrogen and oxygen atoms in total. The first kappa shape index (κ1) is 8.74. The Balaban J connectivity index is 2.56. The average molecular weight is 238 g/mol. The first-order chi connectivity index (χ1) is 6.26. The zero-order valence-electron chi connectivity index (χ0n) is 6.96. The molecule has 0 saturated heterocycles. The van der Waals surface area contributed by atoms with Gasteiger partial charge >= 0.3 is 0 Å². The summed E-state index contributed by atoms with van der Waals surface area (Å²) in [5, 5.41) is 9.02. The lowest BCUT2D eigenvalue weighted by Gasteiger charge is -2.27. The fourth-order valence-electron chi connectivity index (χ4n) is 1.50. The lowest BCUT2D eigenvalue weighted by atomic mass is 9.94. The van der Waals surface area contributed by atoms with Gasteiger partial charge in [-0.05, 0) is 11.1 Å². The van der Waals surface area contributed by atoms with Crippen LogP contribution in [0.3, 0.4) is 0 Å². The van der Waals surface area contributed by atoms with Crippen molar-refractivity contribution >= 4 is 15.9 Å². The van der Waals surface area contributed by atoms with Crippen LogP contribution < -0.4 is 0 Å². The van der Waals surface area contributed by atoms with E-state index in [2.05, 4.69) is 22.0 Å². The molecule has 3 heteroatoms. The Morgan fingerprint density at radius 1 is 1.46 bits per heavy atom. The van der Waals surface area contributed by atoms with E-state index in [1.807, 2.05) is 24.3 Å². The van der Waals surface area contributed by atoms with Gasteiger partial charge in [0.05, 0.1) is 19.3 Å². The molecule has 0 amide bonds. The topological polar surface area (TPSA) is 33.0 Å². The maximum atomic E-state index is 9.02. The highest BCUT2D eigenvalue weighted by Gasteiger charge is 2.34. The van der Waals surface area contributed by atoms with Gasteiger partial charge in [-0.3, -0.25) is 0 Å². The third kappa shape index (κ3) is 1.37. The molecular formula is C10H8BrNO. The van der Waals surface area contributed by atoms with Crippen molar-refractivity contribution in [3.8, 4) is 6.07 Å². The summed E-state index contributed by atoms with van der Waals surface area (Å²) in [5.41, 5.74) is 2.12. The predicted octanol–water partition coefficient (Wildman–Crippen LogP) is 2.33. The minimum Gasteiger partial charge on any atom is -0.374 e. The molecule has 1 heterocycles. The van der Waals surface area contributed by atoms with Crippen LogP contribution in [-0.2, 0) is 15.7 Å². The van der Waals surface area contributed by atoms with Crippen LogP contribution in [-0.4, -0.2) is 6.61 Å².